The number of para-hydroxylation sites is 2. The molecule has 1 amide bonds. The van der Waals surface area contributed by atoms with E-state index in [0.717, 1.165) is 30.3 Å². The highest BCUT2D eigenvalue weighted by atomic mass is 32.2. The largest absolute Gasteiger partial charge is 0.492 e. The van der Waals surface area contributed by atoms with E-state index in [4.69, 9.17) is 9.72 Å². The highest BCUT2D eigenvalue weighted by molar-refractivity contribution is 8.00. The third-order valence-electron chi connectivity index (χ3n) is 6.06. The second-order valence-electron chi connectivity index (χ2n) is 8.39. The summed E-state index contributed by atoms with van der Waals surface area (Å²) in [4.78, 5) is 47.7. The third-order valence-corrected chi connectivity index (χ3v) is 7.03. The van der Waals surface area contributed by atoms with Crippen LogP contribution >= 0.6 is 11.8 Å². The van der Waals surface area contributed by atoms with Crippen LogP contribution in [0.1, 0.15) is 50.8 Å². The second kappa shape index (κ2) is 10.4. The minimum absolute atomic E-state index is 0.0443. The number of rotatable bonds is 7. The molecule has 2 aromatic heterocycles. The van der Waals surface area contributed by atoms with Gasteiger partial charge in [-0.05, 0) is 31.9 Å². The number of amides is 1. The maximum Gasteiger partial charge on any atom is 0.332 e. The Bertz CT molecular complexity index is 1330. The van der Waals surface area contributed by atoms with Crippen molar-refractivity contribution in [2.75, 3.05) is 17.7 Å². The van der Waals surface area contributed by atoms with Crippen LogP contribution in [0.2, 0.25) is 0 Å². The number of hydrogen-bond donors (Lipinski definition) is 1. The van der Waals surface area contributed by atoms with E-state index in [0.29, 0.717) is 34.5 Å². The van der Waals surface area contributed by atoms with E-state index in [1.54, 1.807) is 19.2 Å². The lowest BCUT2D eigenvalue weighted by molar-refractivity contribution is -0.113. The molecular weight excluding hydrogens is 454 g/mol. The maximum atomic E-state index is 13.0. The van der Waals surface area contributed by atoms with Gasteiger partial charge in [0.1, 0.15) is 22.0 Å². The Hall–Kier alpha value is -3.14. The van der Waals surface area contributed by atoms with E-state index in [1.807, 2.05) is 19.1 Å². The molecular formula is C24H29N5O4S. The molecule has 0 aliphatic heterocycles. The SMILES string of the molecule is CCOc1ccccc1NC(=O)CSc1nc(C2CCCCC2)nc2c1c(=O)n(C)c(=O)n2C. The summed E-state index contributed by atoms with van der Waals surface area (Å²) in [6.07, 6.45) is 5.34. The lowest BCUT2D eigenvalue weighted by Gasteiger charge is -2.21. The van der Waals surface area contributed by atoms with Gasteiger partial charge in [-0.2, -0.15) is 0 Å². The first-order valence-electron chi connectivity index (χ1n) is 11.5. The van der Waals surface area contributed by atoms with Gasteiger partial charge >= 0.3 is 5.69 Å². The van der Waals surface area contributed by atoms with Gasteiger partial charge in [0.2, 0.25) is 5.91 Å². The molecule has 180 valence electrons. The quantitative estimate of drug-likeness (QED) is 0.406. The summed E-state index contributed by atoms with van der Waals surface area (Å²) >= 11 is 1.18. The second-order valence-corrected chi connectivity index (χ2v) is 9.36. The molecule has 3 aromatic rings. The number of nitrogens with one attached hydrogen (secondary N) is 1. The Balaban J connectivity index is 1.67. The summed E-state index contributed by atoms with van der Waals surface area (Å²) in [6.45, 7) is 2.37. The van der Waals surface area contributed by atoms with Crippen LogP contribution < -0.4 is 21.3 Å². The molecule has 0 bridgehead atoms. The molecule has 0 saturated heterocycles. The molecule has 1 aliphatic rings. The van der Waals surface area contributed by atoms with Gasteiger partial charge in [-0.15, -0.1) is 0 Å². The van der Waals surface area contributed by atoms with Gasteiger partial charge in [0.15, 0.2) is 5.65 Å². The number of thioether (sulfide) groups is 1. The number of benzene rings is 1. The van der Waals surface area contributed by atoms with E-state index in [1.165, 1.54) is 29.8 Å². The fourth-order valence-corrected chi connectivity index (χ4v) is 5.09. The Morgan fingerprint density at radius 3 is 2.59 bits per heavy atom. The van der Waals surface area contributed by atoms with Gasteiger partial charge in [0.25, 0.3) is 5.56 Å². The summed E-state index contributed by atoms with van der Waals surface area (Å²) in [5, 5.41) is 3.56. The molecule has 0 radical (unpaired) electrons. The zero-order chi connectivity index (χ0) is 24.2. The summed E-state index contributed by atoms with van der Waals surface area (Å²) in [5.41, 5.74) is 0.00175. The molecule has 1 aromatic carbocycles. The molecule has 4 rings (SSSR count). The molecule has 1 N–H and O–H groups in total. The van der Waals surface area contributed by atoms with Crippen molar-refractivity contribution in [2.45, 2.75) is 50.0 Å². The summed E-state index contributed by atoms with van der Waals surface area (Å²) < 4.78 is 8.01. The average Bonchev–Trinajstić information content (AvgIpc) is 2.86. The molecule has 2 heterocycles. The number of aromatic nitrogens is 4. The first-order valence-corrected chi connectivity index (χ1v) is 12.5. The molecule has 1 aliphatic carbocycles. The van der Waals surface area contributed by atoms with Crippen molar-refractivity contribution in [1.82, 2.24) is 19.1 Å². The van der Waals surface area contributed by atoms with Gasteiger partial charge in [0.05, 0.1) is 18.0 Å². The van der Waals surface area contributed by atoms with Crippen LogP contribution in [-0.4, -0.2) is 37.4 Å². The van der Waals surface area contributed by atoms with Crippen LogP contribution in [0.5, 0.6) is 5.75 Å². The van der Waals surface area contributed by atoms with E-state index >= 15 is 0 Å². The van der Waals surface area contributed by atoms with Gasteiger partial charge in [-0.25, -0.2) is 14.8 Å². The Labute approximate surface area is 201 Å². The smallest absolute Gasteiger partial charge is 0.332 e. The topological polar surface area (TPSA) is 108 Å². The standard InChI is InChI=1S/C24H29N5O4S/c1-4-33-17-13-9-8-12-16(17)25-18(30)14-34-22-19-21(28(2)24(32)29(3)23(19)31)26-20(27-22)15-10-6-5-7-11-15/h8-9,12-13,15H,4-7,10-11,14H2,1-3H3,(H,25,30). The van der Waals surface area contributed by atoms with Crippen LogP contribution in [0.4, 0.5) is 5.69 Å². The Morgan fingerprint density at radius 1 is 1.12 bits per heavy atom. The summed E-state index contributed by atoms with van der Waals surface area (Å²) in [6, 6.07) is 7.24. The minimum Gasteiger partial charge on any atom is -0.492 e. The fourth-order valence-electron chi connectivity index (χ4n) is 4.26. The van der Waals surface area contributed by atoms with Crippen LogP contribution in [0.3, 0.4) is 0 Å². The monoisotopic (exact) mass is 483 g/mol. The minimum atomic E-state index is -0.460. The normalized spacial score (nSPS) is 14.3. The van der Waals surface area contributed by atoms with Crippen LogP contribution in [0.15, 0.2) is 38.9 Å². The summed E-state index contributed by atoms with van der Waals surface area (Å²) in [7, 11) is 3.04. The van der Waals surface area contributed by atoms with Crippen LogP contribution in [0, 0.1) is 0 Å². The van der Waals surface area contributed by atoms with Crippen molar-refractivity contribution in [3.63, 3.8) is 0 Å². The van der Waals surface area contributed by atoms with Gasteiger partial charge in [-0.3, -0.25) is 18.7 Å². The first-order chi connectivity index (χ1) is 16.4. The van der Waals surface area contributed by atoms with Crippen molar-refractivity contribution in [1.29, 1.82) is 0 Å². The van der Waals surface area contributed by atoms with Crippen LogP contribution in [-0.2, 0) is 18.9 Å². The number of fused-ring (bicyclic) bond motifs is 1. The van der Waals surface area contributed by atoms with Crippen molar-refractivity contribution in [3.05, 3.63) is 50.9 Å². The zero-order valence-electron chi connectivity index (χ0n) is 19.7. The van der Waals surface area contributed by atoms with Gasteiger partial charge in [-0.1, -0.05) is 43.2 Å². The number of aryl methyl sites for hydroxylation is 1. The molecule has 10 heteroatoms. The maximum absolute atomic E-state index is 13.0. The summed E-state index contributed by atoms with van der Waals surface area (Å²) in [5.74, 6) is 1.22. The Kier molecular flexibility index (Phi) is 7.35. The highest BCUT2D eigenvalue weighted by Crippen LogP contribution is 2.33. The molecule has 9 nitrogen and oxygen atoms in total. The fraction of sp³-hybridized carbons (Fsp3) is 0.458. The third kappa shape index (κ3) is 4.86. The van der Waals surface area contributed by atoms with Crippen molar-refractivity contribution in [3.8, 4) is 5.75 Å². The lowest BCUT2D eigenvalue weighted by atomic mass is 9.89. The van der Waals surface area contributed by atoms with Gasteiger partial charge < -0.3 is 10.1 Å². The highest BCUT2D eigenvalue weighted by Gasteiger charge is 2.23. The number of carbonyl (C=O) groups is 1. The number of nitrogens with zero attached hydrogens (tertiary/aromatic N) is 4. The number of anilines is 1. The van der Waals surface area contributed by atoms with E-state index < -0.39 is 11.2 Å². The predicted octanol–water partition coefficient (Wildman–Crippen LogP) is 3.20. The molecule has 1 fully saturated rings. The van der Waals surface area contributed by atoms with Crippen molar-refractivity contribution >= 4 is 34.4 Å². The van der Waals surface area contributed by atoms with E-state index in [-0.39, 0.29) is 23.0 Å². The van der Waals surface area contributed by atoms with E-state index in [2.05, 4.69) is 10.3 Å². The molecule has 0 spiro atoms. The lowest BCUT2D eigenvalue weighted by Crippen LogP contribution is -2.38. The van der Waals surface area contributed by atoms with Crippen molar-refractivity contribution < 1.29 is 9.53 Å². The molecule has 34 heavy (non-hydrogen) atoms. The number of ether oxygens (including phenoxy) is 1. The Morgan fingerprint density at radius 2 is 1.85 bits per heavy atom. The first kappa shape index (κ1) is 24.0. The molecule has 1 saturated carbocycles. The van der Waals surface area contributed by atoms with Crippen LogP contribution in [0.25, 0.3) is 11.0 Å². The van der Waals surface area contributed by atoms with E-state index in [9.17, 15) is 14.4 Å². The predicted molar refractivity (Wildman–Crippen MR) is 133 cm³/mol. The number of hydrogen-bond acceptors (Lipinski definition) is 7. The van der Waals surface area contributed by atoms with Crippen molar-refractivity contribution in [2.24, 2.45) is 14.1 Å². The van der Waals surface area contributed by atoms with Gasteiger partial charge in [0, 0.05) is 20.0 Å². The average molecular weight is 484 g/mol. The number of carbonyl (C=O) groups excluding carboxylic acids is 1. The molecule has 0 atom stereocenters. The molecule has 0 unspecified atom stereocenters. The zero-order valence-corrected chi connectivity index (χ0v) is 20.5.